The van der Waals surface area contributed by atoms with Gasteiger partial charge in [-0.25, -0.2) is 0 Å². The van der Waals surface area contributed by atoms with Crippen molar-refractivity contribution in [3.8, 4) is 0 Å². The van der Waals surface area contributed by atoms with Crippen molar-refractivity contribution in [3.05, 3.63) is 70.3 Å². The lowest BCUT2D eigenvalue weighted by Crippen LogP contribution is -2.20. The third kappa shape index (κ3) is 1.45. The zero-order valence-electron chi connectivity index (χ0n) is 9.36. The van der Waals surface area contributed by atoms with E-state index in [0.29, 0.717) is 0 Å². The lowest BCUT2D eigenvalue weighted by molar-refractivity contribution is 0.103. The van der Waals surface area contributed by atoms with Gasteiger partial charge in [0, 0.05) is 22.3 Å². The van der Waals surface area contributed by atoms with Crippen LogP contribution in [0.25, 0.3) is 0 Å². The summed E-state index contributed by atoms with van der Waals surface area (Å²) in [4.78, 5) is 13.1. The number of fused-ring (bicyclic) bond motifs is 2. The molecular formula is C15H10OS. The Labute approximate surface area is 105 Å². The first-order valence-corrected chi connectivity index (χ1v) is 5.88. The van der Waals surface area contributed by atoms with E-state index in [9.17, 15) is 4.79 Å². The minimum atomic E-state index is 0.0768. The Balaban J connectivity index is 2.33. The Bertz CT molecular complexity index is 656. The average Bonchev–Trinajstić information content (AvgIpc) is 2.36. The number of carbonyl (C=O) groups is 1. The van der Waals surface area contributed by atoms with Crippen LogP contribution in [-0.4, -0.2) is 10.6 Å². The molecule has 0 N–H and O–H groups in total. The maximum atomic E-state index is 12.3. The molecule has 0 aromatic heterocycles. The van der Waals surface area contributed by atoms with Crippen molar-refractivity contribution in [2.75, 3.05) is 0 Å². The monoisotopic (exact) mass is 238 g/mol. The molecule has 1 aliphatic carbocycles. The van der Waals surface area contributed by atoms with Crippen molar-refractivity contribution in [3.63, 3.8) is 0 Å². The predicted octanol–water partition coefficient (Wildman–Crippen LogP) is 3.31. The summed E-state index contributed by atoms with van der Waals surface area (Å²) in [6.07, 6.45) is 0. The fourth-order valence-corrected chi connectivity index (χ4v) is 2.57. The quantitative estimate of drug-likeness (QED) is 0.559. The molecule has 0 saturated heterocycles. The van der Waals surface area contributed by atoms with Crippen molar-refractivity contribution in [1.29, 1.82) is 0 Å². The van der Waals surface area contributed by atoms with Gasteiger partial charge in [-0.2, -0.15) is 0 Å². The first kappa shape index (κ1) is 10.4. The highest BCUT2D eigenvalue weighted by molar-refractivity contribution is 7.81. The highest BCUT2D eigenvalue weighted by atomic mass is 32.1. The topological polar surface area (TPSA) is 17.1 Å². The lowest BCUT2D eigenvalue weighted by atomic mass is 9.84. The van der Waals surface area contributed by atoms with E-state index < -0.39 is 0 Å². The molecule has 0 bridgehead atoms. The lowest BCUT2D eigenvalue weighted by Gasteiger charge is -2.19. The largest absolute Gasteiger partial charge is 0.289 e. The third-order valence-corrected chi connectivity index (χ3v) is 3.52. The Hall–Kier alpha value is -1.80. The van der Waals surface area contributed by atoms with Crippen molar-refractivity contribution in [2.24, 2.45) is 0 Å². The Kier molecular flexibility index (Phi) is 2.20. The molecule has 1 nitrogen and oxygen atoms in total. The molecule has 17 heavy (non-hydrogen) atoms. The van der Waals surface area contributed by atoms with E-state index in [4.69, 9.17) is 12.2 Å². The maximum Gasteiger partial charge on any atom is 0.194 e. The molecule has 0 saturated carbocycles. The van der Waals surface area contributed by atoms with Gasteiger partial charge in [0.1, 0.15) is 0 Å². The number of hydrogen-bond acceptors (Lipinski definition) is 2. The van der Waals surface area contributed by atoms with Gasteiger partial charge in [0.25, 0.3) is 0 Å². The van der Waals surface area contributed by atoms with E-state index in [2.05, 4.69) is 0 Å². The molecule has 3 rings (SSSR count). The molecule has 0 aliphatic heterocycles. The van der Waals surface area contributed by atoms with Crippen molar-refractivity contribution >= 4 is 22.9 Å². The van der Waals surface area contributed by atoms with E-state index in [1.807, 2.05) is 49.4 Å². The number of ketones is 1. The SMILES string of the molecule is Cc1ccc2c(c1)C(=O)c1ccccc1C2=S. The van der Waals surface area contributed by atoms with Crippen LogP contribution in [0.4, 0.5) is 0 Å². The maximum absolute atomic E-state index is 12.3. The van der Waals surface area contributed by atoms with E-state index in [0.717, 1.165) is 32.7 Å². The third-order valence-electron chi connectivity index (χ3n) is 3.08. The minimum absolute atomic E-state index is 0.0768. The summed E-state index contributed by atoms with van der Waals surface area (Å²) < 4.78 is 0. The molecular weight excluding hydrogens is 228 g/mol. The van der Waals surface area contributed by atoms with E-state index >= 15 is 0 Å². The van der Waals surface area contributed by atoms with Gasteiger partial charge >= 0.3 is 0 Å². The number of hydrogen-bond donors (Lipinski definition) is 0. The molecule has 1 aliphatic rings. The van der Waals surface area contributed by atoms with Crippen molar-refractivity contribution < 1.29 is 4.79 Å². The highest BCUT2D eigenvalue weighted by Crippen LogP contribution is 2.28. The fraction of sp³-hybridized carbons (Fsp3) is 0.0667. The smallest absolute Gasteiger partial charge is 0.194 e. The van der Waals surface area contributed by atoms with Gasteiger partial charge < -0.3 is 0 Å². The van der Waals surface area contributed by atoms with Gasteiger partial charge in [-0.1, -0.05) is 54.2 Å². The molecule has 2 aromatic rings. The standard InChI is InChI=1S/C15H10OS/c1-9-6-7-12-13(8-9)14(16)10-4-2-3-5-11(10)15(12)17/h2-8H,1H3. The summed E-state index contributed by atoms with van der Waals surface area (Å²) in [5, 5.41) is 0. The Morgan fingerprint density at radius 1 is 0.882 bits per heavy atom. The number of thiocarbonyl (C=S) groups is 1. The number of aryl methyl sites for hydroxylation is 1. The molecule has 2 aromatic carbocycles. The van der Waals surface area contributed by atoms with Gasteiger partial charge in [0.15, 0.2) is 5.78 Å². The first-order chi connectivity index (χ1) is 8.18. The second-order valence-electron chi connectivity index (χ2n) is 4.25. The summed E-state index contributed by atoms with van der Waals surface area (Å²) in [5.74, 6) is 0.0768. The molecule has 0 atom stereocenters. The van der Waals surface area contributed by atoms with Crippen molar-refractivity contribution in [2.45, 2.75) is 6.92 Å². The van der Waals surface area contributed by atoms with Crippen LogP contribution in [0.15, 0.2) is 42.5 Å². The van der Waals surface area contributed by atoms with Crippen LogP contribution >= 0.6 is 12.2 Å². The number of rotatable bonds is 0. The van der Waals surface area contributed by atoms with Crippen LogP contribution in [0, 0.1) is 6.92 Å². The molecule has 0 fully saturated rings. The molecule has 0 unspecified atom stereocenters. The van der Waals surface area contributed by atoms with Crippen LogP contribution in [-0.2, 0) is 0 Å². The van der Waals surface area contributed by atoms with Crippen LogP contribution in [0.2, 0.25) is 0 Å². The molecule has 0 heterocycles. The van der Waals surface area contributed by atoms with Gasteiger partial charge in [0.2, 0.25) is 0 Å². The molecule has 0 amide bonds. The Morgan fingerprint density at radius 3 is 2.29 bits per heavy atom. The summed E-state index contributed by atoms with van der Waals surface area (Å²) in [7, 11) is 0. The zero-order valence-corrected chi connectivity index (χ0v) is 10.2. The zero-order chi connectivity index (χ0) is 12.0. The van der Waals surface area contributed by atoms with Crippen LogP contribution in [0.3, 0.4) is 0 Å². The Morgan fingerprint density at radius 2 is 1.53 bits per heavy atom. The fourth-order valence-electron chi connectivity index (χ4n) is 2.21. The van der Waals surface area contributed by atoms with Gasteiger partial charge in [-0.15, -0.1) is 0 Å². The average molecular weight is 238 g/mol. The number of carbonyl (C=O) groups excluding carboxylic acids is 1. The summed E-state index contributed by atoms with van der Waals surface area (Å²) in [6, 6.07) is 13.4. The molecule has 0 radical (unpaired) electrons. The second-order valence-corrected chi connectivity index (χ2v) is 4.66. The molecule has 2 heteroatoms. The first-order valence-electron chi connectivity index (χ1n) is 5.47. The van der Waals surface area contributed by atoms with Crippen LogP contribution < -0.4 is 0 Å². The summed E-state index contributed by atoms with van der Waals surface area (Å²) in [5.41, 5.74) is 4.29. The number of benzene rings is 2. The minimum Gasteiger partial charge on any atom is -0.289 e. The summed E-state index contributed by atoms with van der Waals surface area (Å²) in [6.45, 7) is 1.98. The normalized spacial score (nSPS) is 13.2. The highest BCUT2D eigenvalue weighted by Gasteiger charge is 2.26. The van der Waals surface area contributed by atoms with E-state index in [1.54, 1.807) is 0 Å². The predicted molar refractivity (Wildman–Crippen MR) is 71.9 cm³/mol. The van der Waals surface area contributed by atoms with E-state index in [1.165, 1.54) is 0 Å². The van der Waals surface area contributed by atoms with Gasteiger partial charge in [-0.05, 0) is 13.0 Å². The van der Waals surface area contributed by atoms with Crippen LogP contribution in [0.5, 0.6) is 0 Å². The summed E-state index contributed by atoms with van der Waals surface area (Å²) >= 11 is 5.46. The van der Waals surface area contributed by atoms with Crippen molar-refractivity contribution in [1.82, 2.24) is 0 Å². The van der Waals surface area contributed by atoms with E-state index in [-0.39, 0.29) is 5.78 Å². The second kappa shape index (κ2) is 3.60. The van der Waals surface area contributed by atoms with Gasteiger partial charge in [0.05, 0.1) is 4.86 Å². The molecule has 0 spiro atoms. The van der Waals surface area contributed by atoms with Crippen LogP contribution in [0.1, 0.15) is 32.6 Å². The van der Waals surface area contributed by atoms with Gasteiger partial charge in [-0.3, -0.25) is 4.79 Å². The molecule has 82 valence electrons.